The predicted molar refractivity (Wildman–Crippen MR) is 78.5 cm³/mol. The van der Waals surface area contributed by atoms with E-state index in [1.54, 1.807) is 12.1 Å². The number of carbonyl (C=O) groups excluding carboxylic acids is 1. The largest absolute Gasteiger partial charge is 0.476 e. The molecule has 6 nitrogen and oxygen atoms in total. The summed E-state index contributed by atoms with van der Waals surface area (Å²) in [7, 11) is 0. The van der Waals surface area contributed by atoms with Crippen molar-refractivity contribution >= 4 is 17.4 Å². The Morgan fingerprint density at radius 2 is 2.20 bits per heavy atom. The van der Waals surface area contributed by atoms with Crippen molar-refractivity contribution in [3.05, 3.63) is 12.1 Å². The minimum Gasteiger partial charge on any atom is -0.476 e. The first-order chi connectivity index (χ1) is 9.47. The molecule has 4 N–H and O–H groups in total. The monoisotopic (exact) mass is 278 g/mol. The Balaban J connectivity index is 2.15. The highest BCUT2D eigenvalue weighted by Crippen LogP contribution is 2.31. The SMILES string of the molecule is CC(C)N(CC(N)=O)c1ccc(N)c(OCC2CC2)n1. The van der Waals surface area contributed by atoms with Gasteiger partial charge in [0.2, 0.25) is 11.8 Å². The fraction of sp³-hybridized carbons (Fsp3) is 0.571. The summed E-state index contributed by atoms with van der Waals surface area (Å²) in [6.45, 7) is 4.73. The molecule has 1 aliphatic rings. The van der Waals surface area contributed by atoms with E-state index in [-0.39, 0.29) is 12.6 Å². The fourth-order valence-electron chi connectivity index (χ4n) is 1.89. The van der Waals surface area contributed by atoms with Crippen LogP contribution in [0.1, 0.15) is 26.7 Å². The van der Waals surface area contributed by atoms with Gasteiger partial charge in [-0.3, -0.25) is 4.79 Å². The number of aromatic nitrogens is 1. The normalized spacial score (nSPS) is 14.3. The van der Waals surface area contributed by atoms with E-state index in [2.05, 4.69) is 4.98 Å². The van der Waals surface area contributed by atoms with Crippen LogP contribution >= 0.6 is 0 Å². The first-order valence-corrected chi connectivity index (χ1v) is 6.91. The van der Waals surface area contributed by atoms with Crippen LogP contribution in [0.4, 0.5) is 11.5 Å². The van der Waals surface area contributed by atoms with Gasteiger partial charge in [-0.25, -0.2) is 0 Å². The Labute approximate surface area is 119 Å². The molecular formula is C14H22N4O2. The van der Waals surface area contributed by atoms with E-state index >= 15 is 0 Å². The molecule has 0 radical (unpaired) electrons. The molecule has 1 heterocycles. The Morgan fingerprint density at radius 3 is 2.75 bits per heavy atom. The van der Waals surface area contributed by atoms with E-state index in [4.69, 9.17) is 16.2 Å². The number of ether oxygens (including phenoxy) is 1. The van der Waals surface area contributed by atoms with Gasteiger partial charge in [0.25, 0.3) is 0 Å². The summed E-state index contributed by atoms with van der Waals surface area (Å²) >= 11 is 0. The third-order valence-corrected chi connectivity index (χ3v) is 3.27. The van der Waals surface area contributed by atoms with Crippen molar-refractivity contribution in [2.24, 2.45) is 11.7 Å². The molecular weight excluding hydrogens is 256 g/mol. The number of primary amides is 1. The first-order valence-electron chi connectivity index (χ1n) is 6.91. The van der Waals surface area contributed by atoms with Crippen LogP contribution in [0.25, 0.3) is 0 Å². The van der Waals surface area contributed by atoms with Crippen molar-refractivity contribution in [3.8, 4) is 5.88 Å². The number of hydrogen-bond acceptors (Lipinski definition) is 5. The zero-order valence-corrected chi connectivity index (χ0v) is 12.0. The summed E-state index contributed by atoms with van der Waals surface area (Å²) in [5.74, 6) is 1.33. The van der Waals surface area contributed by atoms with Gasteiger partial charge in [0.1, 0.15) is 5.82 Å². The maximum absolute atomic E-state index is 11.2. The van der Waals surface area contributed by atoms with Gasteiger partial charge in [0.15, 0.2) is 0 Å². The lowest BCUT2D eigenvalue weighted by molar-refractivity contribution is -0.116. The molecule has 110 valence electrons. The van der Waals surface area contributed by atoms with Gasteiger partial charge in [0, 0.05) is 6.04 Å². The molecule has 1 aromatic heterocycles. The second-order valence-corrected chi connectivity index (χ2v) is 5.51. The van der Waals surface area contributed by atoms with Crippen LogP contribution in [0.5, 0.6) is 5.88 Å². The smallest absolute Gasteiger partial charge is 0.239 e. The molecule has 0 bridgehead atoms. The Hall–Kier alpha value is -1.98. The quantitative estimate of drug-likeness (QED) is 0.780. The minimum atomic E-state index is -0.391. The summed E-state index contributed by atoms with van der Waals surface area (Å²) in [6.07, 6.45) is 2.42. The van der Waals surface area contributed by atoms with E-state index in [0.717, 1.165) is 0 Å². The summed E-state index contributed by atoms with van der Waals surface area (Å²) in [4.78, 5) is 17.4. The number of hydrogen-bond donors (Lipinski definition) is 2. The number of nitrogens with zero attached hydrogens (tertiary/aromatic N) is 2. The number of rotatable bonds is 7. The first kappa shape index (κ1) is 14.4. The van der Waals surface area contributed by atoms with Gasteiger partial charge in [0.05, 0.1) is 18.8 Å². The number of pyridine rings is 1. The van der Waals surface area contributed by atoms with Gasteiger partial charge in [-0.05, 0) is 44.7 Å². The average molecular weight is 278 g/mol. The molecule has 20 heavy (non-hydrogen) atoms. The highest BCUT2D eigenvalue weighted by Gasteiger charge is 2.23. The summed E-state index contributed by atoms with van der Waals surface area (Å²) in [6, 6.07) is 3.64. The van der Waals surface area contributed by atoms with Crippen molar-refractivity contribution in [1.82, 2.24) is 4.98 Å². The minimum absolute atomic E-state index is 0.106. The van der Waals surface area contributed by atoms with Crippen molar-refractivity contribution in [1.29, 1.82) is 0 Å². The molecule has 1 aliphatic carbocycles. The lowest BCUT2D eigenvalue weighted by Crippen LogP contribution is -2.39. The van der Waals surface area contributed by atoms with Gasteiger partial charge in [-0.2, -0.15) is 4.98 Å². The van der Waals surface area contributed by atoms with Gasteiger partial charge in [-0.1, -0.05) is 0 Å². The Kier molecular flexibility index (Phi) is 4.32. The highest BCUT2D eigenvalue weighted by atomic mass is 16.5. The molecule has 0 atom stereocenters. The Bertz CT molecular complexity index is 486. The maximum Gasteiger partial charge on any atom is 0.239 e. The molecule has 0 saturated heterocycles. The van der Waals surface area contributed by atoms with E-state index in [1.807, 2.05) is 18.7 Å². The van der Waals surface area contributed by atoms with Crippen LogP contribution in [0.15, 0.2) is 12.1 Å². The third kappa shape index (κ3) is 3.76. The van der Waals surface area contributed by atoms with Crippen LogP contribution in [0.2, 0.25) is 0 Å². The van der Waals surface area contributed by atoms with Crippen LogP contribution in [0.3, 0.4) is 0 Å². The van der Waals surface area contributed by atoms with Crippen molar-refractivity contribution in [3.63, 3.8) is 0 Å². The Morgan fingerprint density at radius 1 is 1.50 bits per heavy atom. The molecule has 2 rings (SSSR count). The fourth-order valence-corrected chi connectivity index (χ4v) is 1.89. The van der Waals surface area contributed by atoms with Crippen LogP contribution in [-0.4, -0.2) is 30.1 Å². The zero-order valence-electron chi connectivity index (χ0n) is 12.0. The lowest BCUT2D eigenvalue weighted by atomic mass is 10.3. The third-order valence-electron chi connectivity index (χ3n) is 3.27. The number of nitrogens with two attached hydrogens (primary N) is 2. The number of nitrogen functional groups attached to an aromatic ring is 1. The second-order valence-electron chi connectivity index (χ2n) is 5.51. The van der Waals surface area contributed by atoms with Crippen LogP contribution in [-0.2, 0) is 4.79 Å². The summed E-state index contributed by atoms with van der Waals surface area (Å²) < 4.78 is 5.66. The average Bonchev–Trinajstić information content (AvgIpc) is 3.19. The molecule has 0 unspecified atom stereocenters. The summed E-state index contributed by atoms with van der Waals surface area (Å²) in [5, 5.41) is 0. The molecule has 1 amide bonds. The molecule has 6 heteroatoms. The highest BCUT2D eigenvalue weighted by molar-refractivity contribution is 5.79. The number of carbonyl (C=O) groups is 1. The lowest BCUT2D eigenvalue weighted by Gasteiger charge is -2.26. The number of anilines is 2. The van der Waals surface area contributed by atoms with Crippen LogP contribution < -0.4 is 21.1 Å². The molecule has 1 saturated carbocycles. The summed E-state index contributed by atoms with van der Waals surface area (Å²) in [5.41, 5.74) is 11.7. The molecule has 0 aromatic carbocycles. The molecule has 1 aromatic rings. The van der Waals surface area contributed by atoms with E-state index in [0.29, 0.717) is 29.9 Å². The zero-order chi connectivity index (χ0) is 14.7. The molecule has 0 aliphatic heterocycles. The van der Waals surface area contributed by atoms with Crippen molar-refractivity contribution in [2.75, 3.05) is 23.8 Å². The second kappa shape index (κ2) is 5.98. The topological polar surface area (TPSA) is 94.5 Å². The maximum atomic E-state index is 11.2. The van der Waals surface area contributed by atoms with Crippen LogP contribution in [0, 0.1) is 5.92 Å². The van der Waals surface area contributed by atoms with E-state index < -0.39 is 5.91 Å². The van der Waals surface area contributed by atoms with Gasteiger partial charge >= 0.3 is 0 Å². The van der Waals surface area contributed by atoms with E-state index in [1.165, 1.54) is 12.8 Å². The standard InChI is InChI=1S/C14H22N4O2/c1-9(2)18(7-12(16)19)13-6-5-11(15)14(17-13)20-8-10-3-4-10/h5-6,9-10H,3-4,7-8,15H2,1-2H3,(H2,16,19). The predicted octanol–water partition coefficient (Wildman–Crippen LogP) is 1.15. The molecule has 1 fully saturated rings. The van der Waals surface area contributed by atoms with Crippen molar-refractivity contribution < 1.29 is 9.53 Å². The van der Waals surface area contributed by atoms with Gasteiger partial charge in [-0.15, -0.1) is 0 Å². The van der Waals surface area contributed by atoms with Gasteiger partial charge < -0.3 is 21.1 Å². The molecule has 0 spiro atoms. The van der Waals surface area contributed by atoms with Crippen molar-refractivity contribution in [2.45, 2.75) is 32.7 Å². The van der Waals surface area contributed by atoms with E-state index in [9.17, 15) is 4.79 Å². The number of amides is 1.